The van der Waals surface area contributed by atoms with Crippen molar-refractivity contribution in [3.63, 3.8) is 0 Å². The van der Waals surface area contributed by atoms with Gasteiger partial charge in [0.05, 0.1) is 0 Å². The fourth-order valence-corrected chi connectivity index (χ4v) is 3.21. The van der Waals surface area contributed by atoms with Crippen molar-refractivity contribution in [3.05, 3.63) is 12.2 Å². The third-order valence-corrected chi connectivity index (χ3v) is 4.55. The second-order valence-corrected chi connectivity index (χ2v) is 5.61. The average Bonchev–Trinajstić information content (AvgIpc) is 2.84. The molecule has 3 heterocycles. The molecule has 6 unspecified atom stereocenters. The Morgan fingerprint density at radius 2 is 2.11 bits per heavy atom. The lowest BCUT2D eigenvalue weighted by atomic mass is 9.68. The van der Waals surface area contributed by atoms with E-state index in [-0.39, 0.29) is 24.1 Å². The van der Waals surface area contributed by atoms with Crippen molar-refractivity contribution < 1.29 is 23.8 Å². The topological polar surface area (TPSA) is 61.8 Å². The van der Waals surface area contributed by atoms with Gasteiger partial charge in [0.1, 0.15) is 17.6 Å². The molecule has 0 aliphatic carbocycles. The van der Waals surface area contributed by atoms with E-state index in [4.69, 9.17) is 14.2 Å². The number of rotatable bonds is 2. The van der Waals surface area contributed by atoms with Crippen LogP contribution in [0.1, 0.15) is 20.8 Å². The molecule has 98 valence electrons. The summed E-state index contributed by atoms with van der Waals surface area (Å²) in [5, 5.41) is 0. The van der Waals surface area contributed by atoms with Crippen LogP contribution in [0.5, 0.6) is 0 Å². The lowest BCUT2D eigenvalue weighted by Crippen LogP contribution is -2.48. The normalized spacial score (nSPS) is 48.2. The minimum atomic E-state index is -0.596. The summed E-state index contributed by atoms with van der Waals surface area (Å²) in [5.41, 5.74) is -0.265. The number of ether oxygens (including phenoxy) is 3. The van der Waals surface area contributed by atoms with E-state index >= 15 is 0 Å². The fraction of sp³-hybridized carbons (Fsp3) is 0.692. The molecule has 5 heteroatoms. The zero-order valence-corrected chi connectivity index (χ0v) is 10.6. The Kier molecular flexibility index (Phi) is 2.18. The zero-order valence-electron chi connectivity index (χ0n) is 10.6. The molecule has 3 aliphatic rings. The van der Waals surface area contributed by atoms with E-state index in [1.165, 1.54) is 0 Å². The van der Waals surface area contributed by atoms with E-state index in [0.29, 0.717) is 5.57 Å². The summed E-state index contributed by atoms with van der Waals surface area (Å²) >= 11 is 0. The lowest BCUT2D eigenvalue weighted by molar-refractivity contribution is -0.157. The van der Waals surface area contributed by atoms with E-state index < -0.39 is 23.6 Å². The van der Waals surface area contributed by atoms with Gasteiger partial charge >= 0.3 is 11.9 Å². The Balaban J connectivity index is 1.88. The van der Waals surface area contributed by atoms with Gasteiger partial charge in [-0.05, 0) is 13.8 Å². The third-order valence-electron chi connectivity index (χ3n) is 4.55. The third kappa shape index (κ3) is 1.15. The predicted molar refractivity (Wildman–Crippen MR) is 60.5 cm³/mol. The molecule has 18 heavy (non-hydrogen) atoms. The van der Waals surface area contributed by atoms with Gasteiger partial charge in [0.2, 0.25) is 0 Å². The van der Waals surface area contributed by atoms with E-state index in [2.05, 4.69) is 6.58 Å². The SMILES string of the molecule is C=C(C)C(=O)OC1C2OC3C1OC(=O)C3(C)C2C. The number of hydrogen-bond donors (Lipinski definition) is 0. The van der Waals surface area contributed by atoms with Crippen molar-refractivity contribution in [3.8, 4) is 0 Å². The molecule has 0 aromatic heterocycles. The van der Waals surface area contributed by atoms with Crippen LogP contribution in [0.3, 0.4) is 0 Å². The van der Waals surface area contributed by atoms with Gasteiger partial charge in [-0.3, -0.25) is 4.79 Å². The van der Waals surface area contributed by atoms with E-state index in [1.54, 1.807) is 6.92 Å². The summed E-state index contributed by atoms with van der Waals surface area (Å²) in [6.45, 7) is 8.93. The molecular weight excluding hydrogens is 236 g/mol. The highest BCUT2D eigenvalue weighted by Crippen LogP contribution is 2.58. The molecule has 0 aromatic carbocycles. The quantitative estimate of drug-likeness (QED) is 0.538. The lowest BCUT2D eigenvalue weighted by Gasteiger charge is -2.31. The van der Waals surface area contributed by atoms with Crippen molar-refractivity contribution in [2.75, 3.05) is 0 Å². The monoisotopic (exact) mass is 252 g/mol. The largest absolute Gasteiger partial charge is 0.455 e. The predicted octanol–water partition coefficient (Wildman–Crippen LogP) is 0.823. The van der Waals surface area contributed by atoms with Crippen molar-refractivity contribution in [2.24, 2.45) is 11.3 Å². The van der Waals surface area contributed by atoms with Gasteiger partial charge in [0.25, 0.3) is 0 Å². The Morgan fingerprint density at radius 3 is 2.72 bits per heavy atom. The van der Waals surface area contributed by atoms with Crippen molar-refractivity contribution in [1.29, 1.82) is 0 Å². The summed E-state index contributed by atoms with van der Waals surface area (Å²) in [7, 11) is 0. The van der Waals surface area contributed by atoms with Crippen molar-refractivity contribution in [2.45, 2.75) is 45.2 Å². The second-order valence-electron chi connectivity index (χ2n) is 5.61. The summed E-state index contributed by atoms with van der Waals surface area (Å²) in [4.78, 5) is 23.5. The maximum absolute atomic E-state index is 11.9. The standard InChI is InChI=1S/C13H16O5/c1-5(2)11(14)17-8-7-6(3)13(4)10(16-7)9(8)18-12(13)15/h6-10H,1H2,2-4H3. The maximum atomic E-state index is 11.9. The highest BCUT2D eigenvalue weighted by Gasteiger charge is 2.74. The van der Waals surface area contributed by atoms with Gasteiger partial charge in [-0.15, -0.1) is 0 Å². The van der Waals surface area contributed by atoms with Crippen LogP contribution < -0.4 is 0 Å². The molecule has 0 spiro atoms. The Morgan fingerprint density at radius 1 is 1.44 bits per heavy atom. The van der Waals surface area contributed by atoms with Crippen LogP contribution in [0.4, 0.5) is 0 Å². The average molecular weight is 252 g/mol. The van der Waals surface area contributed by atoms with Gasteiger partial charge in [-0.2, -0.15) is 0 Å². The van der Waals surface area contributed by atoms with Crippen molar-refractivity contribution >= 4 is 11.9 Å². The van der Waals surface area contributed by atoms with Gasteiger partial charge < -0.3 is 14.2 Å². The molecule has 0 radical (unpaired) electrons. The number of fused-ring (bicyclic) bond motifs is 1. The molecule has 2 bridgehead atoms. The van der Waals surface area contributed by atoms with E-state index in [0.717, 1.165) is 0 Å². The summed E-state index contributed by atoms with van der Waals surface area (Å²) in [6.07, 6.45) is -1.53. The van der Waals surface area contributed by atoms with Gasteiger partial charge in [0, 0.05) is 11.5 Å². The van der Waals surface area contributed by atoms with Crippen LogP contribution >= 0.6 is 0 Å². The Bertz CT molecular complexity index is 456. The summed E-state index contributed by atoms with van der Waals surface area (Å²) in [5.74, 6) is -0.731. The summed E-state index contributed by atoms with van der Waals surface area (Å²) < 4.78 is 16.5. The molecule has 3 saturated heterocycles. The van der Waals surface area contributed by atoms with Crippen LogP contribution in [0.2, 0.25) is 0 Å². The molecule has 0 saturated carbocycles. The number of carbonyl (C=O) groups is 2. The second kappa shape index (κ2) is 3.35. The van der Waals surface area contributed by atoms with Crippen LogP contribution in [0.15, 0.2) is 12.2 Å². The van der Waals surface area contributed by atoms with Crippen LogP contribution in [0, 0.1) is 11.3 Å². The van der Waals surface area contributed by atoms with Gasteiger partial charge in [-0.1, -0.05) is 13.5 Å². The Hall–Kier alpha value is -1.36. The van der Waals surface area contributed by atoms with Gasteiger partial charge in [0.15, 0.2) is 12.2 Å². The molecule has 3 rings (SSSR count). The van der Waals surface area contributed by atoms with Crippen LogP contribution in [-0.2, 0) is 23.8 Å². The molecule has 0 amide bonds. The fourth-order valence-electron chi connectivity index (χ4n) is 3.21. The molecule has 0 aromatic rings. The first-order valence-electron chi connectivity index (χ1n) is 6.10. The molecule has 3 aliphatic heterocycles. The number of carbonyl (C=O) groups excluding carboxylic acids is 2. The molecule has 5 nitrogen and oxygen atoms in total. The van der Waals surface area contributed by atoms with Gasteiger partial charge in [-0.25, -0.2) is 4.79 Å². The first-order valence-corrected chi connectivity index (χ1v) is 6.10. The zero-order chi connectivity index (χ0) is 13.2. The highest BCUT2D eigenvalue weighted by atomic mass is 16.7. The number of esters is 2. The summed E-state index contributed by atoms with van der Waals surface area (Å²) in [6, 6.07) is 0. The molecular formula is C13H16O5. The Labute approximate surface area is 105 Å². The minimum absolute atomic E-state index is 0.0170. The van der Waals surface area contributed by atoms with E-state index in [9.17, 15) is 9.59 Å². The molecule has 3 fully saturated rings. The van der Waals surface area contributed by atoms with Crippen molar-refractivity contribution in [1.82, 2.24) is 0 Å². The molecule has 0 N–H and O–H groups in total. The minimum Gasteiger partial charge on any atom is -0.455 e. The van der Waals surface area contributed by atoms with Crippen LogP contribution in [-0.4, -0.2) is 36.4 Å². The number of hydrogen-bond acceptors (Lipinski definition) is 5. The van der Waals surface area contributed by atoms with E-state index in [1.807, 2.05) is 13.8 Å². The maximum Gasteiger partial charge on any atom is 0.333 e. The first-order chi connectivity index (χ1) is 8.37. The first kappa shape index (κ1) is 11.7. The highest BCUT2D eigenvalue weighted by molar-refractivity contribution is 5.87. The van der Waals surface area contributed by atoms with Crippen LogP contribution in [0.25, 0.3) is 0 Å². The smallest absolute Gasteiger partial charge is 0.333 e. The molecule has 6 atom stereocenters.